The van der Waals surface area contributed by atoms with Crippen LogP contribution in [-0.2, 0) is 16.1 Å². The van der Waals surface area contributed by atoms with Gasteiger partial charge in [-0.3, -0.25) is 9.78 Å². The van der Waals surface area contributed by atoms with Crippen molar-refractivity contribution in [3.8, 4) is 0 Å². The zero-order valence-electron chi connectivity index (χ0n) is 20.1. The second-order valence-corrected chi connectivity index (χ2v) is 7.95. The van der Waals surface area contributed by atoms with Gasteiger partial charge in [0.1, 0.15) is 6.10 Å². The fourth-order valence-corrected chi connectivity index (χ4v) is 3.15. The lowest BCUT2D eigenvalue weighted by molar-refractivity contribution is -0.119. The normalized spacial score (nSPS) is 17.0. The highest BCUT2D eigenvalue weighted by molar-refractivity contribution is 5.73. The summed E-state index contributed by atoms with van der Waals surface area (Å²) in [4.78, 5) is 30.1. The monoisotopic (exact) mass is 448 g/mol. The van der Waals surface area contributed by atoms with E-state index in [0.717, 1.165) is 13.0 Å². The van der Waals surface area contributed by atoms with Gasteiger partial charge in [0.2, 0.25) is 5.91 Å². The minimum atomic E-state index is -0.417. The van der Waals surface area contributed by atoms with E-state index in [2.05, 4.69) is 55.2 Å². The van der Waals surface area contributed by atoms with Gasteiger partial charge in [-0.15, -0.1) is 0 Å². The first-order valence-electron chi connectivity index (χ1n) is 10.9. The Morgan fingerprint density at radius 1 is 1.47 bits per heavy atom. The predicted octanol–water partition coefficient (Wildman–Crippen LogP) is 4.34. The first-order valence-corrected chi connectivity index (χ1v) is 10.9. The van der Waals surface area contributed by atoms with Gasteiger partial charge in [-0.25, -0.2) is 9.18 Å². The van der Waals surface area contributed by atoms with Crippen molar-refractivity contribution in [1.82, 2.24) is 20.1 Å². The van der Waals surface area contributed by atoms with E-state index in [4.69, 9.17) is 4.74 Å². The van der Waals surface area contributed by atoms with Crippen molar-refractivity contribution in [3.05, 3.63) is 53.8 Å². The van der Waals surface area contributed by atoms with Crippen LogP contribution in [0.1, 0.15) is 51.7 Å². The third kappa shape index (κ3) is 9.49. The second-order valence-electron chi connectivity index (χ2n) is 7.95. The highest BCUT2D eigenvalue weighted by Crippen LogP contribution is 2.16. The van der Waals surface area contributed by atoms with Crippen LogP contribution in [0.2, 0.25) is 0 Å². The molecule has 2 amide bonds. The van der Waals surface area contributed by atoms with Crippen LogP contribution >= 0.6 is 0 Å². The molecule has 2 rings (SSSR count). The largest absolute Gasteiger partial charge is 0.442 e. The number of carbonyl (C=O) groups excluding carboxylic acids is 2. The van der Waals surface area contributed by atoms with Crippen LogP contribution in [-0.4, -0.2) is 59.1 Å². The standard InChI is InChI=1S/C13H20N2.C11H17FN2O3/c1-5-6-12(3)15(4)10-13-7-8-14-9-11(13)2;1-8(4-3-5-12)14-7-10(17-11(14)16)6-13-9(2)15/h6-9H,5,10H2,1-4H3;3,5,8,10H,4,6-7H2,1-2H3,(H,13,15)/b12-6+;5-3+. The molecule has 0 bridgehead atoms. The van der Waals surface area contributed by atoms with E-state index in [9.17, 15) is 14.0 Å². The van der Waals surface area contributed by atoms with Crippen molar-refractivity contribution < 1.29 is 18.7 Å². The molecular weight excluding hydrogens is 411 g/mol. The molecule has 8 heteroatoms. The fraction of sp³-hybridized carbons (Fsp3) is 0.542. The molecule has 32 heavy (non-hydrogen) atoms. The number of halogens is 1. The van der Waals surface area contributed by atoms with E-state index < -0.39 is 6.09 Å². The van der Waals surface area contributed by atoms with Crippen molar-refractivity contribution >= 4 is 12.0 Å². The molecule has 1 saturated heterocycles. The van der Waals surface area contributed by atoms with E-state index in [0.29, 0.717) is 25.8 Å². The molecule has 1 fully saturated rings. The van der Waals surface area contributed by atoms with Gasteiger partial charge in [0, 0.05) is 44.6 Å². The zero-order chi connectivity index (χ0) is 24.1. The second kappa shape index (κ2) is 14.2. The molecule has 0 saturated carbocycles. The summed E-state index contributed by atoms with van der Waals surface area (Å²) in [7, 11) is 2.13. The first-order chi connectivity index (χ1) is 15.2. The van der Waals surface area contributed by atoms with Gasteiger partial charge < -0.3 is 19.9 Å². The minimum absolute atomic E-state index is 0.114. The molecule has 0 spiro atoms. The molecule has 2 unspecified atom stereocenters. The Morgan fingerprint density at radius 2 is 2.19 bits per heavy atom. The summed E-state index contributed by atoms with van der Waals surface area (Å²) in [6.45, 7) is 11.3. The number of hydrogen-bond donors (Lipinski definition) is 1. The number of rotatable bonds is 9. The van der Waals surface area contributed by atoms with E-state index in [1.165, 1.54) is 34.7 Å². The Labute approximate surface area is 191 Å². The number of carbonyl (C=O) groups is 2. The lowest BCUT2D eigenvalue weighted by Crippen LogP contribution is -2.36. The summed E-state index contributed by atoms with van der Waals surface area (Å²) in [5, 5.41) is 2.59. The smallest absolute Gasteiger partial charge is 0.410 e. The molecule has 0 aliphatic carbocycles. The maximum Gasteiger partial charge on any atom is 0.410 e. The number of amides is 2. The average molecular weight is 449 g/mol. The van der Waals surface area contributed by atoms with Gasteiger partial charge in [0.05, 0.1) is 19.4 Å². The third-order valence-electron chi connectivity index (χ3n) is 5.22. The Hall–Kier alpha value is -2.90. The van der Waals surface area contributed by atoms with Crippen LogP contribution in [0.5, 0.6) is 0 Å². The summed E-state index contributed by atoms with van der Waals surface area (Å²) in [5.74, 6) is -0.159. The Morgan fingerprint density at radius 3 is 2.78 bits per heavy atom. The lowest BCUT2D eigenvalue weighted by Gasteiger charge is -2.20. The quantitative estimate of drug-likeness (QED) is 0.608. The van der Waals surface area contributed by atoms with Crippen molar-refractivity contribution in [2.24, 2.45) is 0 Å². The van der Waals surface area contributed by atoms with Gasteiger partial charge in [-0.05, 0) is 50.8 Å². The van der Waals surface area contributed by atoms with Gasteiger partial charge in [0.25, 0.3) is 0 Å². The third-order valence-corrected chi connectivity index (χ3v) is 5.22. The van der Waals surface area contributed by atoms with Crippen LogP contribution in [0.25, 0.3) is 0 Å². The summed E-state index contributed by atoms with van der Waals surface area (Å²) >= 11 is 0. The van der Waals surface area contributed by atoms with Crippen LogP contribution in [0.15, 0.2) is 42.6 Å². The molecule has 1 aliphatic rings. The number of allylic oxidation sites excluding steroid dienone is 2. The molecular formula is C24H37FN4O3. The van der Waals surface area contributed by atoms with E-state index >= 15 is 0 Å². The van der Waals surface area contributed by atoms with E-state index in [1.54, 1.807) is 0 Å². The topological polar surface area (TPSA) is 74.8 Å². The molecule has 1 aromatic rings. The van der Waals surface area contributed by atoms with Gasteiger partial charge in [-0.2, -0.15) is 0 Å². The maximum atomic E-state index is 11.9. The van der Waals surface area contributed by atoms with Gasteiger partial charge in [-0.1, -0.05) is 19.1 Å². The predicted molar refractivity (Wildman–Crippen MR) is 124 cm³/mol. The summed E-state index contributed by atoms with van der Waals surface area (Å²) in [6, 6.07) is 1.97. The van der Waals surface area contributed by atoms with Crippen LogP contribution < -0.4 is 5.32 Å². The van der Waals surface area contributed by atoms with E-state index in [1.807, 2.05) is 19.3 Å². The van der Waals surface area contributed by atoms with Crippen molar-refractivity contribution in [2.45, 2.75) is 66.2 Å². The molecule has 1 aliphatic heterocycles. The number of aromatic nitrogens is 1. The number of cyclic esters (lactones) is 1. The highest BCUT2D eigenvalue weighted by atomic mass is 19.1. The van der Waals surface area contributed by atoms with Crippen LogP contribution in [0, 0.1) is 6.92 Å². The van der Waals surface area contributed by atoms with Crippen LogP contribution in [0.3, 0.4) is 0 Å². The van der Waals surface area contributed by atoms with Crippen molar-refractivity contribution in [3.63, 3.8) is 0 Å². The fourth-order valence-electron chi connectivity index (χ4n) is 3.15. The number of pyridine rings is 1. The molecule has 0 radical (unpaired) electrons. The van der Waals surface area contributed by atoms with Gasteiger partial charge in [0.15, 0.2) is 0 Å². The number of nitrogens with one attached hydrogen (secondary N) is 1. The first kappa shape index (κ1) is 27.1. The molecule has 0 aromatic carbocycles. The molecule has 178 valence electrons. The van der Waals surface area contributed by atoms with Crippen molar-refractivity contribution in [1.29, 1.82) is 0 Å². The SMILES string of the molecule is CC(=O)NCC1CN(C(C)C/C=C/F)C(=O)O1.CC/C=C(\C)N(C)Cc1ccncc1C. The molecule has 1 aromatic heterocycles. The Kier molecular flexibility index (Phi) is 12.1. The number of ether oxygens (including phenoxy) is 1. The molecule has 1 N–H and O–H groups in total. The Balaban J connectivity index is 0.000000323. The number of hydrogen-bond acceptors (Lipinski definition) is 5. The summed E-state index contributed by atoms with van der Waals surface area (Å²) in [6.07, 6.45) is 8.63. The molecule has 2 atom stereocenters. The van der Waals surface area contributed by atoms with E-state index in [-0.39, 0.29) is 18.1 Å². The lowest BCUT2D eigenvalue weighted by atomic mass is 10.1. The summed E-state index contributed by atoms with van der Waals surface area (Å²) < 4.78 is 16.9. The average Bonchev–Trinajstić information content (AvgIpc) is 3.13. The number of nitrogens with zero attached hydrogens (tertiary/aromatic N) is 3. The van der Waals surface area contributed by atoms with Gasteiger partial charge >= 0.3 is 6.09 Å². The van der Waals surface area contributed by atoms with Crippen LogP contribution in [0.4, 0.5) is 9.18 Å². The molecule has 7 nitrogen and oxygen atoms in total. The molecule has 2 heterocycles. The minimum Gasteiger partial charge on any atom is -0.442 e. The zero-order valence-corrected chi connectivity index (χ0v) is 20.1. The number of aryl methyl sites for hydroxylation is 1. The maximum absolute atomic E-state index is 11.9. The highest BCUT2D eigenvalue weighted by Gasteiger charge is 2.33. The van der Waals surface area contributed by atoms with Crippen molar-refractivity contribution in [2.75, 3.05) is 20.1 Å². The Bertz CT molecular complexity index is 797. The summed E-state index contributed by atoms with van der Waals surface area (Å²) in [5.41, 5.74) is 3.93.